The zero-order valence-electron chi connectivity index (χ0n) is 9.81. The van der Waals surface area contributed by atoms with Gasteiger partial charge in [0.1, 0.15) is 5.75 Å². The van der Waals surface area contributed by atoms with Gasteiger partial charge in [-0.1, -0.05) is 30.3 Å². The van der Waals surface area contributed by atoms with Crippen LogP contribution in [0.5, 0.6) is 5.75 Å². The molecule has 0 bridgehead atoms. The molecule has 0 spiro atoms. The molecule has 1 heterocycles. The fourth-order valence-corrected chi connectivity index (χ4v) is 2.99. The Bertz CT molecular complexity index is 685. The number of thiophene rings is 1. The lowest BCUT2D eigenvalue weighted by molar-refractivity contribution is 0.415. The Morgan fingerprint density at radius 3 is 2.44 bits per heavy atom. The minimum atomic E-state index is -0.138. The predicted octanol–water partition coefficient (Wildman–Crippen LogP) is 4.72. The molecule has 0 saturated heterocycles. The first kappa shape index (κ1) is 11.2. The van der Waals surface area contributed by atoms with Gasteiger partial charge in [0.15, 0.2) is 5.13 Å². The smallest absolute Gasteiger partial charge is 0.185 e. The van der Waals surface area contributed by atoms with Crippen LogP contribution in [0.25, 0.3) is 21.2 Å². The fraction of sp³-hybridized carbons (Fsp3) is 0.0667. The molecule has 0 radical (unpaired) electrons. The van der Waals surface area contributed by atoms with Gasteiger partial charge in [-0.05, 0) is 23.8 Å². The van der Waals surface area contributed by atoms with Crippen molar-refractivity contribution >= 4 is 21.4 Å². The van der Waals surface area contributed by atoms with Crippen molar-refractivity contribution in [1.82, 2.24) is 0 Å². The summed E-state index contributed by atoms with van der Waals surface area (Å²) in [6.45, 7) is 0. The van der Waals surface area contributed by atoms with Crippen molar-refractivity contribution in [1.29, 1.82) is 0 Å². The van der Waals surface area contributed by atoms with E-state index in [1.165, 1.54) is 11.3 Å². The normalized spacial score (nSPS) is 10.8. The summed E-state index contributed by atoms with van der Waals surface area (Å²) in [4.78, 5) is 0. The second-order valence-corrected chi connectivity index (χ2v) is 4.98. The van der Waals surface area contributed by atoms with Crippen LogP contribution in [0.1, 0.15) is 0 Å². The number of hydrogen-bond donors (Lipinski definition) is 0. The van der Waals surface area contributed by atoms with Crippen LogP contribution < -0.4 is 4.74 Å². The van der Waals surface area contributed by atoms with E-state index >= 15 is 0 Å². The highest BCUT2D eigenvalue weighted by Gasteiger charge is 2.13. The highest BCUT2D eigenvalue weighted by molar-refractivity contribution is 7.18. The summed E-state index contributed by atoms with van der Waals surface area (Å²) in [5.41, 5.74) is 1.56. The maximum absolute atomic E-state index is 14.1. The van der Waals surface area contributed by atoms with Crippen LogP contribution in [0.2, 0.25) is 0 Å². The standard InChI is InChI=1S/C15H11FOS/c1-17-11-8-6-10(7-9-11)14-12-4-2-3-5-13(12)18-15(14)16/h2-9H,1H3. The third-order valence-electron chi connectivity index (χ3n) is 2.93. The first-order valence-electron chi connectivity index (χ1n) is 5.61. The second kappa shape index (κ2) is 4.42. The van der Waals surface area contributed by atoms with Crippen molar-refractivity contribution in [2.24, 2.45) is 0 Å². The molecule has 0 saturated carbocycles. The van der Waals surface area contributed by atoms with Crippen molar-refractivity contribution < 1.29 is 9.13 Å². The second-order valence-electron chi connectivity index (χ2n) is 3.98. The van der Waals surface area contributed by atoms with Crippen LogP contribution in [0.4, 0.5) is 4.39 Å². The van der Waals surface area contributed by atoms with Gasteiger partial charge in [-0.3, -0.25) is 0 Å². The number of halogens is 1. The molecule has 0 N–H and O–H groups in total. The van der Waals surface area contributed by atoms with E-state index in [9.17, 15) is 4.39 Å². The molecule has 0 aliphatic rings. The quantitative estimate of drug-likeness (QED) is 0.646. The summed E-state index contributed by atoms with van der Waals surface area (Å²) in [5, 5.41) is 0.825. The topological polar surface area (TPSA) is 9.23 Å². The van der Waals surface area contributed by atoms with Crippen LogP contribution in [0.3, 0.4) is 0 Å². The van der Waals surface area contributed by atoms with Gasteiger partial charge >= 0.3 is 0 Å². The minimum Gasteiger partial charge on any atom is -0.497 e. The Labute approximate surface area is 108 Å². The van der Waals surface area contributed by atoms with E-state index in [1.807, 2.05) is 48.5 Å². The molecular weight excluding hydrogens is 247 g/mol. The van der Waals surface area contributed by atoms with Gasteiger partial charge in [0.05, 0.1) is 7.11 Å². The lowest BCUT2D eigenvalue weighted by Crippen LogP contribution is -1.83. The van der Waals surface area contributed by atoms with E-state index in [0.717, 1.165) is 21.4 Å². The van der Waals surface area contributed by atoms with Gasteiger partial charge in [0.2, 0.25) is 0 Å². The molecule has 0 fully saturated rings. The van der Waals surface area contributed by atoms with Gasteiger partial charge in [-0.25, -0.2) is 0 Å². The Morgan fingerprint density at radius 1 is 1.00 bits per heavy atom. The molecule has 1 nitrogen and oxygen atoms in total. The largest absolute Gasteiger partial charge is 0.497 e. The Kier molecular flexibility index (Phi) is 2.76. The molecule has 90 valence electrons. The van der Waals surface area contributed by atoms with E-state index < -0.39 is 0 Å². The maximum Gasteiger partial charge on any atom is 0.185 e. The molecule has 0 unspecified atom stereocenters. The summed E-state index contributed by atoms with van der Waals surface area (Å²) in [6.07, 6.45) is 0. The maximum atomic E-state index is 14.1. The minimum absolute atomic E-state index is 0.138. The Morgan fingerprint density at radius 2 is 1.72 bits per heavy atom. The van der Waals surface area contributed by atoms with E-state index in [0.29, 0.717) is 5.56 Å². The van der Waals surface area contributed by atoms with E-state index in [-0.39, 0.29) is 5.13 Å². The van der Waals surface area contributed by atoms with Gasteiger partial charge in [-0.2, -0.15) is 4.39 Å². The van der Waals surface area contributed by atoms with Crippen LogP contribution >= 0.6 is 11.3 Å². The molecule has 3 rings (SSSR count). The highest BCUT2D eigenvalue weighted by atomic mass is 32.1. The molecule has 3 aromatic rings. The van der Waals surface area contributed by atoms with Crippen molar-refractivity contribution in [3.63, 3.8) is 0 Å². The predicted molar refractivity (Wildman–Crippen MR) is 73.8 cm³/mol. The van der Waals surface area contributed by atoms with Crippen LogP contribution in [-0.2, 0) is 0 Å². The van der Waals surface area contributed by atoms with Crippen molar-refractivity contribution in [3.8, 4) is 16.9 Å². The summed E-state index contributed by atoms with van der Waals surface area (Å²) < 4.78 is 20.1. The van der Waals surface area contributed by atoms with E-state index in [2.05, 4.69) is 0 Å². The van der Waals surface area contributed by atoms with Crippen LogP contribution in [-0.4, -0.2) is 7.11 Å². The molecule has 2 aromatic carbocycles. The lowest BCUT2D eigenvalue weighted by atomic mass is 10.0. The monoisotopic (exact) mass is 258 g/mol. The van der Waals surface area contributed by atoms with Gasteiger partial charge in [0, 0.05) is 15.6 Å². The molecule has 18 heavy (non-hydrogen) atoms. The molecular formula is C15H11FOS. The highest BCUT2D eigenvalue weighted by Crippen LogP contribution is 2.37. The number of rotatable bonds is 2. The van der Waals surface area contributed by atoms with E-state index in [1.54, 1.807) is 7.11 Å². The van der Waals surface area contributed by atoms with Crippen molar-refractivity contribution in [3.05, 3.63) is 53.7 Å². The average molecular weight is 258 g/mol. The summed E-state index contributed by atoms with van der Waals surface area (Å²) in [7, 11) is 1.62. The SMILES string of the molecule is COc1ccc(-c2c(F)sc3ccccc23)cc1. The number of hydrogen-bond acceptors (Lipinski definition) is 2. The lowest BCUT2D eigenvalue weighted by Gasteiger charge is -2.03. The van der Waals surface area contributed by atoms with Gasteiger partial charge < -0.3 is 4.74 Å². The number of ether oxygens (including phenoxy) is 1. The number of fused-ring (bicyclic) bond motifs is 1. The molecule has 0 aliphatic heterocycles. The average Bonchev–Trinajstić information content (AvgIpc) is 2.75. The van der Waals surface area contributed by atoms with Crippen molar-refractivity contribution in [2.45, 2.75) is 0 Å². The summed E-state index contributed by atoms with van der Waals surface area (Å²) >= 11 is 1.19. The first-order chi connectivity index (χ1) is 8.79. The molecule has 0 amide bonds. The van der Waals surface area contributed by atoms with Gasteiger partial charge in [-0.15, -0.1) is 11.3 Å². The first-order valence-corrected chi connectivity index (χ1v) is 6.42. The molecule has 3 heteroatoms. The number of methoxy groups -OCH3 is 1. The zero-order valence-corrected chi connectivity index (χ0v) is 10.6. The molecule has 0 aliphatic carbocycles. The summed E-state index contributed by atoms with van der Waals surface area (Å²) in [6, 6.07) is 15.2. The Balaban J connectivity index is 2.20. The number of benzene rings is 2. The zero-order chi connectivity index (χ0) is 12.5. The van der Waals surface area contributed by atoms with E-state index in [4.69, 9.17) is 4.74 Å². The summed E-state index contributed by atoms with van der Waals surface area (Å²) in [5.74, 6) is 0.777. The third-order valence-corrected chi connectivity index (χ3v) is 3.89. The van der Waals surface area contributed by atoms with Crippen LogP contribution in [0, 0.1) is 5.13 Å². The third kappa shape index (κ3) is 1.77. The van der Waals surface area contributed by atoms with Crippen LogP contribution in [0.15, 0.2) is 48.5 Å². The Hall–Kier alpha value is -1.87. The molecule has 0 atom stereocenters. The fourth-order valence-electron chi connectivity index (χ4n) is 2.04. The van der Waals surface area contributed by atoms with Gasteiger partial charge in [0.25, 0.3) is 0 Å². The molecule has 1 aromatic heterocycles. The van der Waals surface area contributed by atoms with Crippen molar-refractivity contribution in [2.75, 3.05) is 7.11 Å².